The molecule has 0 spiro atoms. The zero-order valence-corrected chi connectivity index (χ0v) is 10.2. The first kappa shape index (κ1) is 11.3. The highest BCUT2D eigenvalue weighted by molar-refractivity contribution is 7.09. The number of hydrazine groups is 1. The van der Waals surface area contributed by atoms with Crippen LogP contribution in [0, 0.1) is 13.8 Å². The molecule has 0 fully saturated rings. The van der Waals surface area contributed by atoms with Gasteiger partial charge in [0.1, 0.15) is 0 Å². The van der Waals surface area contributed by atoms with Gasteiger partial charge in [0.25, 0.3) is 0 Å². The lowest BCUT2D eigenvalue weighted by atomic mass is 9.97. The molecule has 1 heterocycles. The average molecular weight is 233 g/mol. The Hall–Kier alpha value is -1.23. The number of nitrogens with two attached hydrogens (primary N) is 1. The van der Waals surface area contributed by atoms with Crippen LogP contribution in [0.5, 0.6) is 0 Å². The summed E-state index contributed by atoms with van der Waals surface area (Å²) < 4.78 is 0. The van der Waals surface area contributed by atoms with E-state index in [4.69, 9.17) is 5.84 Å². The van der Waals surface area contributed by atoms with E-state index in [9.17, 15) is 0 Å². The molecule has 4 heteroatoms. The molecular formula is C12H15N3S. The van der Waals surface area contributed by atoms with E-state index in [1.165, 1.54) is 16.7 Å². The van der Waals surface area contributed by atoms with Crippen LogP contribution < -0.4 is 11.3 Å². The largest absolute Gasteiger partial charge is 0.271 e. The fourth-order valence-corrected chi connectivity index (χ4v) is 2.48. The van der Waals surface area contributed by atoms with Gasteiger partial charge in [-0.25, -0.2) is 5.43 Å². The number of benzene rings is 1. The van der Waals surface area contributed by atoms with Crippen LogP contribution in [0.25, 0.3) is 0 Å². The number of hydrogen-bond acceptors (Lipinski definition) is 4. The Kier molecular flexibility index (Phi) is 3.33. The van der Waals surface area contributed by atoms with Crippen molar-refractivity contribution >= 4 is 11.3 Å². The fourth-order valence-electron chi connectivity index (χ4n) is 1.78. The summed E-state index contributed by atoms with van der Waals surface area (Å²) in [6.45, 7) is 4.23. The lowest BCUT2D eigenvalue weighted by Gasteiger charge is -2.17. The third kappa shape index (κ3) is 2.00. The number of hydrogen-bond donors (Lipinski definition) is 2. The summed E-state index contributed by atoms with van der Waals surface area (Å²) in [6, 6.07) is 6.31. The molecule has 1 aromatic heterocycles. The smallest absolute Gasteiger partial charge is 0.0821 e. The van der Waals surface area contributed by atoms with E-state index < -0.39 is 0 Å². The van der Waals surface area contributed by atoms with Crippen molar-refractivity contribution in [3.63, 3.8) is 0 Å². The number of thiazole rings is 1. The summed E-state index contributed by atoms with van der Waals surface area (Å²) in [7, 11) is 0. The van der Waals surface area contributed by atoms with Gasteiger partial charge in [-0.1, -0.05) is 18.2 Å². The molecule has 0 saturated heterocycles. The second-order valence-electron chi connectivity index (χ2n) is 3.79. The molecule has 0 aliphatic rings. The van der Waals surface area contributed by atoms with Gasteiger partial charge in [0.05, 0.1) is 11.6 Å². The van der Waals surface area contributed by atoms with E-state index in [1.807, 2.05) is 11.7 Å². The quantitative estimate of drug-likeness (QED) is 0.632. The van der Waals surface area contributed by atoms with Crippen molar-refractivity contribution in [2.75, 3.05) is 0 Å². The lowest BCUT2D eigenvalue weighted by Crippen LogP contribution is -2.28. The molecule has 2 aromatic rings. The Bertz CT molecular complexity index is 465. The third-order valence-corrected chi connectivity index (χ3v) is 3.70. The number of aromatic nitrogens is 1. The molecule has 16 heavy (non-hydrogen) atoms. The van der Waals surface area contributed by atoms with E-state index in [-0.39, 0.29) is 6.04 Å². The summed E-state index contributed by atoms with van der Waals surface area (Å²) in [6.07, 6.45) is 1.86. The summed E-state index contributed by atoms with van der Waals surface area (Å²) in [5.74, 6) is 5.64. The first-order valence-corrected chi connectivity index (χ1v) is 6.02. The maximum atomic E-state index is 5.64. The minimum Gasteiger partial charge on any atom is -0.271 e. The van der Waals surface area contributed by atoms with Gasteiger partial charge < -0.3 is 0 Å². The van der Waals surface area contributed by atoms with Crippen molar-refractivity contribution in [1.29, 1.82) is 0 Å². The van der Waals surface area contributed by atoms with Crippen molar-refractivity contribution in [3.05, 3.63) is 51.5 Å². The highest BCUT2D eigenvalue weighted by atomic mass is 32.1. The van der Waals surface area contributed by atoms with Crippen LogP contribution >= 0.6 is 11.3 Å². The van der Waals surface area contributed by atoms with Crippen molar-refractivity contribution in [1.82, 2.24) is 10.4 Å². The summed E-state index contributed by atoms with van der Waals surface area (Å²) in [5, 5.41) is 0. The highest BCUT2D eigenvalue weighted by Crippen LogP contribution is 2.27. The molecule has 0 radical (unpaired) electrons. The zero-order valence-electron chi connectivity index (χ0n) is 9.40. The average Bonchev–Trinajstić information content (AvgIpc) is 2.79. The maximum absolute atomic E-state index is 5.64. The topological polar surface area (TPSA) is 50.9 Å². The van der Waals surface area contributed by atoms with Crippen molar-refractivity contribution in [2.24, 2.45) is 5.84 Å². The van der Waals surface area contributed by atoms with Gasteiger partial charge in [-0.3, -0.25) is 10.8 Å². The van der Waals surface area contributed by atoms with Crippen LogP contribution in [0.4, 0.5) is 0 Å². The van der Waals surface area contributed by atoms with Gasteiger partial charge in [0.15, 0.2) is 0 Å². The minimum atomic E-state index is 0.0346. The van der Waals surface area contributed by atoms with Crippen molar-refractivity contribution in [3.8, 4) is 0 Å². The van der Waals surface area contributed by atoms with Gasteiger partial charge in [0, 0.05) is 11.1 Å². The molecule has 3 nitrogen and oxygen atoms in total. The summed E-state index contributed by atoms with van der Waals surface area (Å²) in [5.41, 5.74) is 8.45. The predicted octanol–water partition coefficient (Wildman–Crippen LogP) is 2.31. The number of nitrogens with zero attached hydrogens (tertiary/aromatic N) is 1. The zero-order chi connectivity index (χ0) is 11.5. The Labute approximate surface area is 99.3 Å². The van der Waals surface area contributed by atoms with Gasteiger partial charge in [0.2, 0.25) is 0 Å². The second kappa shape index (κ2) is 4.74. The lowest BCUT2D eigenvalue weighted by molar-refractivity contribution is 0.641. The molecule has 2 rings (SSSR count). The standard InChI is InChI=1S/C12H15N3S/c1-8-4-3-5-10(9(8)2)12(15-13)11-6-14-7-16-11/h3-7,12,15H,13H2,1-2H3. The van der Waals surface area contributed by atoms with Crippen molar-refractivity contribution in [2.45, 2.75) is 19.9 Å². The molecule has 1 aromatic carbocycles. The van der Waals surface area contributed by atoms with E-state index in [2.05, 4.69) is 42.5 Å². The molecule has 1 unspecified atom stereocenters. The Morgan fingerprint density at radius 3 is 2.81 bits per heavy atom. The Morgan fingerprint density at radius 1 is 1.38 bits per heavy atom. The van der Waals surface area contributed by atoms with E-state index in [0.29, 0.717) is 0 Å². The first-order chi connectivity index (χ1) is 7.74. The number of rotatable bonds is 3. The van der Waals surface area contributed by atoms with Gasteiger partial charge in [-0.15, -0.1) is 11.3 Å². The van der Waals surface area contributed by atoms with E-state index in [0.717, 1.165) is 4.88 Å². The molecular weight excluding hydrogens is 218 g/mol. The monoisotopic (exact) mass is 233 g/mol. The fraction of sp³-hybridized carbons (Fsp3) is 0.250. The first-order valence-electron chi connectivity index (χ1n) is 5.14. The molecule has 84 valence electrons. The van der Waals surface area contributed by atoms with Crippen LogP contribution in [0.2, 0.25) is 0 Å². The van der Waals surface area contributed by atoms with Gasteiger partial charge in [-0.2, -0.15) is 0 Å². The molecule has 3 N–H and O–H groups in total. The normalized spacial score (nSPS) is 12.7. The van der Waals surface area contributed by atoms with Crippen LogP contribution in [0.15, 0.2) is 29.9 Å². The molecule has 1 atom stereocenters. The molecule has 0 amide bonds. The van der Waals surface area contributed by atoms with Crippen LogP contribution in [0.3, 0.4) is 0 Å². The van der Waals surface area contributed by atoms with Crippen LogP contribution in [-0.4, -0.2) is 4.98 Å². The van der Waals surface area contributed by atoms with Crippen LogP contribution in [-0.2, 0) is 0 Å². The Morgan fingerprint density at radius 2 is 2.19 bits per heavy atom. The molecule has 0 aliphatic heterocycles. The minimum absolute atomic E-state index is 0.0346. The van der Waals surface area contributed by atoms with Crippen LogP contribution in [0.1, 0.15) is 27.6 Å². The van der Waals surface area contributed by atoms with E-state index in [1.54, 1.807) is 11.3 Å². The second-order valence-corrected chi connectivity index (χ2v) is 4.71. The predicted molar refractivity (Wildman–Crippen MR) is 67.2 cm³/mol. The third-order valence-electron chi connectivity index (χ3n) is 2.86. The van der Waals surface area contributed by atoms with Gasteiger partial charge in [-0.05, 0) is 30.5 Å². The summed E-state index contributed by atoms with van der Waals surface area (Å²) >= 11 is 1.61. The Balaban J connectivity index is 2.45. The highest BCUT2D eigenvalue weighted by Gasteiger charge is 2.16. The molecule has 0 bridgehead atoms. The molecule has 0 aliphatic carbocycles. The maximum Gasteiger partial charge on any atom is 0.0821 e. The van der Waals surface area contributed by atoms with Gasteiger partial charge >= 0.3 is 0 Å². The van der Waals surface area contributed by atoms with E-state index >= 15 is 0 Å². The SMILES string of the molecule is Cc1cccc(C(NN)c2cncs2)c1C. The summed E-state index contributed by atoms with van der Waals surface area (Å²) in [4.78, 5) is 5.23. The number of aryl methyl sites for hydroxylation is 1. The van der Waals surface area contributed by atoms with Crippen molar-refractivity contribution < 1.29 is 0 Å². The number of nitrogens with one attached hydrogen (secondary N) is 1. The molecule has 0 saturated carbocycles.